The fourth-order valence-electron chi connectivity index (χ4n) is 2.18. The van der Waals surface area contributed by atoms with Crippen LogP contribution in [0.3, 0.4) is 0 Å². The van der Waals surface area contributed by atoms with Gasteiger partial charge in [0.1, 0.15) is 0 Å². The highest BCUT2D eigenvalue weighted by atomic mass is 35.5. The number of anilines is 1. The summed E-state index contributed by atoms with van der Waals surface area (Å²) in [7, 11) is 0. The molecular formula is C13H14Cl2FN3O2. The number of likely N-dealkylation sites (tertiary alicyclic amines) is 1. The van der Waals surface area contributed by atoms with E-state index in [2.05, 4.69) is 5.32 Å². The molecule has 0 spiro atoms. The zero-order chi connectivity index (χ0) is 15.6. The van der Waals surface area contributed by atoms with Gasteiger partial charge in [-0.3, -0.25) is 14.5 Å². The maximum absolute atomic E-state index is 14.0. The van der Waals surface area contributed by atoms with Gasteiger partial charge in [-0.1, -0.05) is 29.3 Å². The lowest BCUT2D eigenvalue weighted by Crippen LogP contribution is -2.43. The van der Waals surface area contributed by atoms with E-state index in [-0.39, 0.29) is 37.0 Å². The molecular weight excluding hydrogens is 320 g/mol. The van der Waals surface area contributed by atoms with Crippen LogP contribution in [0.4, 0.5) is 10.1 Å². The second-order valence-electron chi connectivity index (χ2n) is 4.94. The quantitative estimate of drug-likeness (QED) is 0.882. The number of rotatable bonds is 4. The molecule has 1 saturated heterocycles. The molecule has 0 bridgehead atoms. The van der Waals surface area contributed by atoms with Crippen molar-refractivity contribution in [2.75, 3.05) is 25.0 Å². The average Bonchev–Trinajstić information content (AvgIpc) is 2.78. The van der Waals surface area contributed by atoms with Gasteiger partial charge in [0.05, 0.1) is 22.3 Å². The molecule has 0 saturated carbocycles. The van der Waals surface area contributed by atoms with Gasteiger partial charge < -0.3 is 11.1 Å². The van der Waals surface area contributed by atoms with Crippen LogP contribution in [-0.4, -0.2) is 42.0 Å². The smallest absolute Gasteiger partial charge is 0.256 e. The van der Waals surface area contributed by atoms with Gasteiger partial charge in [-0.25, -0.2) is 4.39 Å². The molecule has 1 aromatic rings. The minimum atomic E-state index is -2.06. The molecule has 3 N–H and O–H groups in total. The Bertz CT molecular complexity index is 585. The largest absolute Gasteiger partial charge is 0.367 e. The van der Waals surface area contributed by atoms with Gasteiger partial charge in [-0.15, -0.1) is 0 Å². The number of nitrogens with one attached hydrogen (secondary N) is 1. The van der Waals surface area contributed by atoms with Crippen molar-refractivity contribution < 1.29 is 14.0 Å². The lowest BCUT2D eigenvalue weighted by Gasteiger charge is -2.17. The van der Waals surface area contributed by atoms with E-state index in [1.807, 2.05) is 0 Å². The van der Waals surface area contributed by atoms with Crippen LogP contribution >= 0.6 is 23.2 Å². The number of hydrogen-bond donors (Lipinski definition) is 2. The van der Waals surface area contributed by atoms with Crippen LogP contribution in [0.15, 0.2) is 18.2 Å². The zero-order valence-electron chi connectivity index (χ0n) is 11.0. The fourth-order valence-corrected chi connectivity index (χ4v) is 2.52. The molecule has 2 rings (SSSR count). The summed E-state index contributed by atoms with van der Waals surface area (Å²) in [5, 5.41) is 3.17. The predicted octanol–water partition coefficient (Wildman–Crippen LogP) is 1.83. The molecule has 1 aliphatic rings. The van der Waals surface area contributed by atoms with Crippen LogP contribution in [0.2, 0.25) is 10.0 Å². The van der Waals surface area contributed by atoms with Crippen LogP contribution in [-0.2, 0) is 9.59 Å². The topological polar surface area (TPSA) is 75.4 Å². The van der Waals surface area contributed by atoms with Gasteiger partial charge in [0.15, 0.2) is 0 Å². The number of alkyl halides is 1. The van der Waals surface area contributed by atoms with Crippen molar-refractivity contribution in [3.63, 3.8) is 0 Å². The Hall–Kier alpha value is -1.37. The Kier molecular flexibility index (Phi) is 4.70. The van der Waals surface area contributed by atoms with Crippen LogP contribution in [0.5, 0.6) is 0 Å². The Morgan fingerprint density at radius 1 is 1.43 bits per heavy atom. The molecule has 1 atom stereocenters. The number of primary amides is 1. The fraction of sp³-hybridized carbons (Fsp3) is 0.385. The van der Waals surface area contributed by atoms with Gasteiger partial charge in [-0.2, -0.15) is 0 Å². The number of carbonyl (C=O) groups is 2. The van der Waals surface area contributed by atoms with E-state index in [1.165, 1.54) is 4.90 Å². The molecule has 2 amide bonds. The van der Waals surface area contributed by atoms with Crippen molar-refractivity contribution >= 4 is 40.7 Å². The predicted molar refractivity (Wildman–Crippen MR) is 79.2 cm³/mol. The molecule has 0 aliphatic carbocycles. The molecule has 0 aromatic heterocycles. The van der Waals surface area contributed by atoms with Crippen LogP contribution in [0.25, 0.3) is 0 Å². The summed E-state index contributed by atoms with van der Waals surface area (Å²) in [6.07, 6.45) is -0.00641. The highest BCUT2D eigenvalue weighted by Gasteiger charge is 2.43. The van der Waals surface area contributed by atoms with E-state index in [0.717, 1.165) is 0 Å². The first-order valence-electron chi connectivity index (χ1n) is 6.27. The zero-order valence-corrected chi connectivity index (χ0v) is 12.5. The highest BCUT2D eigenvalue weighted by molar-refractivity contribution is 6.44. The van der Waals surface area contributed by atoms with Gasteiger partial charge in [0, 0.05) is 19.5 Å². The molecule has 5 nitrogen and oxygen atoms in total. The standard InChI is InChI=1S/C13H14Cl2FN3O2/c14-8-2-1-3-9(11(8)15)18-10(20)6-19-5-4-13(16,7-19)12(17)21/h1-3H,4-7H2,(H2,17,21)(H,18,20). The Labute approximate surface area is 131 Å². The minimum Gasteiger partial charge on any atom is -0.367 e. The molecule has 1 fully saturated rings. The SMILES string of the molecule is NC(=O)C1(F)CCN(CC(=O)Nc2cccc(Cl)c2Cl)C1. The number of nitrogens with zero attached hydrogens (tertiary/aromatic N) is 1. The third-order valence-electron chi connectivity index (χ3n) is 3.33. The van der Waals surface area contributed by atoms with Crippen molar-refractivity contribution in [1.29, 1.82) is 0 Å². The molecule has 1 aromatic carbocycles. The van der Waals surface area contributed by atoms with Crippen LogP contribution in [0, 0.1) is 0 Å². The van der Waals surface area contributed by atoms with Crippen molar-refractivity contribution in [3.05, 3.63) is 28.2 Å². The molecule has 114 valence electrons. The Morgan fingerprint density at radius 3 is 2.76 bits per heavy atom. The van der Waals surface area contributed by atoms with Crippen molar-refractivity contribution in [2.45, 2.75) is 12.1 Å². The second kappa shape index (κ2) is 6.17. The minimum absolute atomic E-state index is 0.00641. The number of amides is 2. The van der Waals surface area contributed by atoms with E-state index in [1.54, 1.807) is 18.2 Å². The Balaban J connectivity index is 1.94. The van der Waals surface area contributed by atoms with E-state index >= 15 is 0 Å². The molecule has 1 heterocycles. The third-order valence-corrected chi connectivity index (χ3v) is 4.15. The first-order chi connectivity index (χ1) is 9.82. The molecule has 0 radical (unpaired) electrons. The van der Waals surface area contributed by atoms with E-state index in [9.17, 15) is 14.0 Å². The van der Waals surface area contributed by atoms with Gasteiger partial charge in [0.25, 0.3) is 5.91 Å². The summed E-state index contributed by atoms with van der Waals surface area (Å²) in [5.74, 6) is -1.36. The second-order valence-corrected chi connectivity index (χ2v) is 5.72. The summed E-state index contributed by atoms with van der Waals surface area (Å²) in [6.45, 7) is 0.0525. The van der Waals surface area contributed by atoms with Crippen LogP contribution < -0.4 is 11.1 Å². The molecule has 21 heavy (non-hydrogen) atoms. The van der Waals surface area contributed by atoms with Gasteiger partial charge in [0.2, 0.25) is 11.6 Å². The lowest BCUT2D eigenvalue weighted by atomic mass is 10.1. The van der Waals surface area contributed by atoms with E-state index < -0.39 is 11.6 Å². The summed E-state index contributed by atoms with van der Waals surface area (Å²) >= 11 is 11.8. The Morgan fingerprint density at radius 2 is 2.14 bits per heavy atom. The average molecular weight is 334 g/mol. The summed E-state index contributed by atoms with van der Waals surface area (Å²) in [4.78, 5) is 24.5. The normalized spacial score (nSPS) is 22.2. The van der Waals surface area contributed by atoms with Gasteiger partial charge >= 0.3 is 0 Å². The van der Waals surface area contributed by atoms with Crippen molar-refractivity contribution in [2.24, 2.45) is 5.73 Å². The van der Waals surface area contributed by atoms with E-state index in [0.29, 0.717) is 10.7 Å². The molecule has 1 aliphatic heterocycles. The molecule has 8 heteroatoms. The maximum Gasteiger partial charge on any atom is 0.256 e. The highest BCUT2D eigenvalue weighted by Crippen LogP contribution is 2.30. The summed E-state index contributed by atoms with van der Waals surface area (Å²) in [5.41, 5.74) is 3.33. The van der Waals surface area contributed by atoms with E-state index in [4.69, 9.17) is 28.9 Å². The first-order valence-corrected chi connectivity index (χ1v) is 7.02. The maximum atomic E-state index is 14.0. The van der Waals surface area contributed by atoms with Crippen LogP contribution in [0.1, 0.15) is 6.42 Å². The summed E-state index contributed by atoms with van der Waals surface area (Å²) < 4.78 is 14.0. The number of carbonyl (C=O) groups excluding carboxylic acids is 2. The molecule has 1 unspecified atom stereocenters. The number of benzene rings is 1. The van der Waals surface area contributed by atoms with Gasteiger partial charge in [-0.05, 0) is 12.1 Å². The first kappa shape index (κ1) is 16.0. The van der Waals surface area contributed by atoms with Crippen molar-refractivity contribution in [3.8, 4) is 0 Å². The number of hydrogen-bond acceptors (Lipinski definition) is 3. The summed E-state index contributed by atoms with van der Waals surface area (Å²) in [6, 6.07) is 4.86. The lowest BCUT2D eigenvalue weighted by molar-refractivity contribution is -0.129. The monoisotopic (exact) mass is 333 g/mol. The van der Waals surface area contributed by atoms with Crippen molar-refractivity contribution in [1.82, 2.24) is 4.90 Å². The number of nitrogens with two attached hydrogens (primary N) is 1. The third kappa shape index (κ3) is 3.64. The number of halogens is 3.